The maximum Gasteiger partial charge on any atom is 0.328 e. The van der Waals surface area contributed by atoms with Gasteiger partial charge in [-0.15, -0.1) is 0 Å². The Bertz CT molecular complexity index is 1720. The van der Waals surface area contributed by atoms with Gasteiger partial charge in [-0.3, -0.25) is 23.3 Å². The molecule has 5 aromatic rings. The predicted octanol–water partition coefficient (Wildman–Crippen LogP) is 3.44. The van der Waals surface area contributed by atoms with Crippen LogP contribution < -0.4 is 11.2 Å². The SMILES string of the molecule is Cc1cc(=O)n(C(C)C(=O)c2ccc3c(c2)n(C)c(=O)n3C)c2c1c(C)nn2-c1ccccc1. The van der Waals surface area contributed by atoms with Crippen molar-refractivity contribution in [3.63, 3.8) is 0 Å². The fourth-order valence-corrected chi connectivity index (χ4v) is 4.77. The van der Waals surface area contributed by atoms with Crippen molar-refractivity contribution in [1.82, 2.24) is 23.5 Å². The van der Waals surface area contributed by atoms with Crippen LogP contribution in [-0.4, -0.2) is 29.3 Å². The number of benzene rings is 2. The van der Waals surface area contributed by atoms with Crippen LogP contribution in [0.3, 0.4) is 0 Å². The molecule has 0 N–H and O–H groups in total. The normalized spacial score (nSPS) is 12.5. The molecule has 0 radical (unpaired) electrons. The number of ketones is 1. The number of para-hydroxylation sites is 1. The molecule has 0 saturated carbocycles. The first-order valence-corrected chi connectivity index (χ1v) is 11.1. The van der Waals surface area contributed by atoms with Gasteiger partial charge in [0.25, 0.3) is 5.56 Å². The van der Waals surface area contributed by atoms with Crippen molar-refractivity contribution in [3.05, 3.63) is 92.3 Å². The van der Waals surface area contributed by atoms with E-state index in [1.807, 2.05) is 44.2 Å². The number of carbonyl (C=O) groups excluding carboxylic acids is 1. The van der Waals surface area contributed by atoms with Gasteiger partial charge in [0.2, 0.25) is 0 Å². The van der Waals surface area contributed by atoms with E-state index in [4.69, 9.17) is 5.10 Å². The summed E-state index contributed by atoms with van der Waals surface area (Å²) in [5, 5.41) is 5.56. The van der Waals surface area contributed by atoms with Crippen molar-refractivity contribution < 1.29 is 4.79 Å². The van der Waals surface area contributed by atoms with Gasteiger partial charge in [0.1, 0.15) is 5.65 Å². The zero-order valence-corrected chi connectivity index (χ0v) is 19.7. The Labute approximate surface area is 195 Å². The summed E-state index contributed by atoms with van der Waals surface area (Å²) in [6.45, 7) is 5.51. The number of rotatable bonds is 4. The number of pyridine rings is 1. The average molecular weight is 456 g/mol. The Kier molecular flexibility index (Phi) is 4.89. The molecule has 0 bridgehead atoms. The fraction of sp³-hybridized carbons (Fsp3) is 0.231. The fourth-order valence-electron chi connectivity index (χ4n) is 4.77. The summed E-state index contributed by atoms with van der Waals surface area (Å²) in [7, 11) is 3.38. The Morgan fingerprint density at radius 2 is 1.59 bits per heavy atom. The molecule has 172 valence electrons. The van der Waals surface area contributed by atoms with E-state index in [1.165, 1.54) is 9.13 Å². The lowest BCUT2D eigenvalue weighted by atomic mass is 10.0. The summed E-state index contributed by atoms with van der Waals surface area (Å²) in [6, 6.07) is 15.5. The second-order valence-corrected chi connectivity index (χ2v) is 8.71. The van der Waals surface area contributed by atoms with Crippen LogP contribution in [0.4, 0.5) is 0 Å². The first-order valence-electron chi connectivity index (χ1n) is 11.1. The topological polar surface area (TPSA) is 83.8 Å². The first kappa shape index (κ1) is 21.6. The van der Waals surface area contributed by atoms with Crippen molar-refractivity contribution in [3.8, 4) is 5.69 Å². The number of fused-ring (bicyclic) bond motifs is 2. The molecule has 5 rings (SSSR count). The Balaban J connectivity index is 1.72. The lowest BCUT2D eigenvalue weighted by Gasteiger charge is -2.18. The van der Waals surface area contributed by atoms with E-state index >= 15 is 0 Å². The molecule has 8 nitrogen and oxygen atoms in total. The van der Waals surface area contributed by atoms with Crippen LogP contribution in [0.5, 0.6) is 0 Å². The third-order valence-corrected chi connectivity index (χ3v) is 6.56. The van der Waals surface area contributed by atoms with Gasteiger partial charge in [0.05, 0.1) is 28.5 Å². The van der Waals surface area contributed by atoms with Gasteiger partial charge in [-0.1, -0.05) is 18.2 Å². The maximum absolute atomic E-state index is 13.6. The molecule has 0 amide bonds. The maximum atomic E-state index is 13.6. The van der Waals surface area contributed by atoms with Crippen molar-refractivity contribution >= 4 is 27.9 Å². The molecule has 0 spiro atoms. The van der Waals surface area contributed by atoms with Crippen molar-refractivity contribution in [2.24, 2.45) is 14.1 Å². The number of aromatic nitrogens is 5. The van der Waals surface area contributed by atoms with Gasteiger partial charge < -0.3 is 0 Å². The van der Waals surface area contributed by atoms with Gasteiger partial charge >= 0.3 is 5.69 Å². The van der Waals surface area contributed by atoms with E-state index in [-0.39, 0.29) is 17.0 Å². The average Bonchev–Trinajstić information content (AvgIpc) is 3.28. The lowest BCUT2D eigenvalue weighted by molar-refractivity contribution is 0.0935. The molecule has 0 aliphatic heterocycles. The van der Waals surface area contributed by atoms with Crippen LogP contribution in [0.25, 0.3) is 27.8 Å². The van der Waals surface area contributed by atoms with Crippen LogP contribution >= 0.6 is 0 Å². The number of hydrogen-bond acceptors (Lipinski definition) is 4. The van der Waals surface area contributed by atoms with Crippen molar-refractivity contribution in [1.29, 1.82) is 0 Å². The highest BCUT2D eigenvalue weighted by Gasteiger charge is 2.25. The molecule has 0 fully saturated rings. The molecule has 34 heavy (non-hydrogen) atoms. The standard InChI is InChI=1S/C26H25N5O3/c1-15-13-22(32)30(25-23(15)16(2)27-31(25)19-9-7-6-8-10-19)17(3)24(33)18-11-12-20-21(14-18)29(5)26(34)28(20)4/h6-14,17H,1-5H3. The zero-order chi connectivity index (χ0) is 24.3. The number of Topliss-reactive ketones (excluding diaryl/α,β-unsaturated/α-hetero) is 1. The number of hydrogen-bond donors (Lipinski definition) is 0. The highest BCUT2D eigenvalue weighted by Crippen LogP contribution is 2.27. The van der Waals surface area contributed by atoms with Crippen LogP contribution in [0.15, 0.2) is 64.2 Å². The predicted molar refractivity (Wildman–Crippen MR) is 132 cm³/mol. The van der Waals surface area contributed by atoms with Crippen LogP contribution in [-0.2, 0) is 14.1 Å². The highest BCUT2D eigenvalue weighted by molar-refractivity contribution is 6.02. The summed E-state index contributed by atoms with van der Waals surface area (Å²) in [5.74, 6) is -0.219. The summed E-state index contributed by atoms with van der Waals surface area (Å²) in [6.07, 6.45) is 0. The third-order valence-electron chi connectivity index (χ3n) is 6.56. The zero-order valence-electron chi connectivity index (χ0n) is 19.7. The second-order valence-electron chi connectivity index (χ2n) is 8.71. The van der Waals surface area contributed by atoms with E-state index in [2.05, 4.69) is 0 Å². The molecule has 1 unspecified atom stereocenters. The number of imidazole rings is 1. The van der Waals surface area contributed by atoms with Crippen LogP contribution in [0.1, 0.15) is 34.6 Å². The van der Waals surface area contributed by atoms with E-state index in [0.717, 1.165) is 27.8 Å². The van der Waals surface area contributed by atoms with Crippen molar-refractivity contribution in [2.75, 3.05) is 0 Å². The quantitative estimate of drug-likeness (QED) is 0.389. The van der Waals surface area contributed by atoms with Gasteiger partial charge in [-0.25, -0.2) is 9.48 Å². The number of nitrogens with zero attached hydrogens (tertiary/aromatic N) is 5. The van der Waals surface area contributed by atoms with E-state index < -0.39 is 6.04 Å². The molecular formula is C26H25N5O3. The molecule has 8 heteroatoms. The minimum absolute atomic E-state index is 0.161. The van der Waals surface area contributed by atoms with Crippen LogP contribution in [0, 0.1) is 13.8 Å². The van der Waals surface area contributed by atoms with E-state index in [1.54, 1.807) is 54.5 Å². The number of carbonyl (C=O) groups is 1. The Hall–Kier alpha value is -4.20. The summed E-state index contributed by atoms with van der Waals surface area (Å²) < 4.78 is 6.31. The molecule has 0 aliphatic carbocycles. The molecule has 3 heterocycles. The molecule has 3 aromatic heterocycles. The smallest absolute Gasteiger partial charge is 0.295 e. The Morgan fingerprint density at radius 1 is 0.912 bits per heavy atom. The Morgan fingerprint density at radius 3 is 2.29 bits per heavy atom. The molecule has 0 saturated heterocycles. The molecule has 1 atom stereocenters. The monoisotopic (exact) mass is 455 g/mol. The molecule has 2 aromatic carbocycles. The van der Waals surface area contributed by atoms with Crippen LogP contribution in [0.2, 0.25) is 0 Å². The lowest BCUT2D eigenvalue weighted by Crippen LogP contribution is -2.29. The van der Waals surface area contributed by atoms with Gasteiger partial charge in [0.15, 0.2) is 5.78 Å². The summed E-state index contributed by atoms with van der Waals surface area (Å²) in [4.78, 5) is 39.2. The van der Waals surface area contributed by atoms with E-state index in [0.29, 0.717) is 16.7 Å². The largest absolute Gasteiger partial charge is 0.328 e. The van der Waals surface area contributed by atoms with E-state index in [9.17, 15) is 14.4 Å². The highest BCUT2D eigenvalue weighted by atomic mass is 16.2. The molecule has 0 aliphatic rings. The van der Waals surface area contributed by atoms with Crippen molar-refractivity contribution in [2.45, 2.75) is 26.8 Å². The minimum Gasteiger partial charge on any atom is -0.295 e. The van der Waals surface area contributed by atoms with Gasteiger partial charge in [-0.05, 0) is 56.7 Å². The molecular weight excluding hydrogens is 430 g/mol. The second kappa shape index (κ2) is 7.69. The first-order chi connectivity index (χ1) is 16.2. The summed E-state index contributed by atoms with van der Waals surface area (Å²) >= 11 is 0. The summed E-state index contributed by atoms with van der Waals surface area (Å²) in [5.41, 5.74) is 4.40. The van der Waals surface area contributed by atoms with Gasteiger partial charge in [0, 0.05) is 31.1 Å². The number of aryl methyl sites for hydroxylation is 4. The minimum atomic E-state index is -0.785. The third kappa shape index (κ3) is 3.06. The van der Waals surface area contributed by atoms with Gasteiger partial charge in [-0.2, -0.15) is 5.10 Å².